The number of allylic oxidation sites excluding steroid dienone is 5. The van der Waals surface area contributed by atoms with Crippen molar-refractivity contribution in [1.29, 1.82) is 0 Å². The summed E-state index contributed by atoms with van der Waals surface area (Å²) in [5, 5.41) is 0. The van der Waals surface area contributed by atoms with Gasteiger partial charge in [-0.25, -0.2) is 0 Å². The summed E-state index contributed by atoms with van der Waals surface area (Å²) in [6, 6.07) is 8.69. The average molecular weight is 353 g/mol. The van der Waals surface area contributed by atoms with Crippen LogP contribution in [0.3, 0.4) is 0 Å². The van der Waals surface area contributed by atoms with Crippen molar-refractivity contribution < 1.29 is 9.47 Å². The summed E-state index contributed by atoms with van der Waals surface area (Å²) in [5.74, 6) is 3.26. The highest BCUT2D eigenvalue weighted by Gasteiger charge is 2.23. The fraction of sp³-hybridized carbons (Fsp3) is 0.500. The zero-order chi connectivity index (χ0) is 18.4. The average Bonchev–Trinajstić information content (AvgIpc) is 2.67. The van der Waals surface area contributed by atoms with Crippen molar-refractivity contribution in [1.82, 2.24) is 0 Å². The Labute approximate surface area is 158 Å². The Morgan fingerprint density at radius 1 is 1.00 bits per heavy atom. The molecule has 0 bridgehead atoms. The summed E-state index contributed by atoms with van der Waals surface area (Å²) >= 11 is 0. The Hall–Kier alpha value is -1.96. The van der Waals surface area contributed by atoms with Gasteiger partial charge in [-0.3, -0.25) is 0 Å². The molecule has 2 aliphatic rings. The molecule has 2 aliphatic carbocycles. The van der Waals surface area contributed by atoms with Crippen molar-refractivity contribution in [2.45, 2.75) is 52.9 Å². The van der Waals surface area contributed by atoms with Crippen molar-refractivity contribution in [3.63, 3.8) is 0 Å². The molecule has 1 fully saturated rings. The lowest BCUT2D eigenvalue weighted by atomic mass is 9.77. The lowest BCUT2D eigenvalue weighted by Crippen LogP contribution is -2.11. The highest BCUT2D eigenvalue weighted by molar-refractivity contribution is 5.73. The van der Waals surface area contributed by atoms with E-state index in [2.05, 4.69) is 49.4 Å². The van der Waals surface area contributed by atoms with Crippen LogP contribution in [0.15, 0.2) is 53.8 Å². The van der Waals surface area contributed by atoms with E-state index in [0.717, 1.165) is 30.5 Å². The monoisotopic (exact) mass is 352 g/mol. The Morgan fingerprint density at radius 3 is 2.27 bits per heavy atom. The van der Waals surface area contributed by atoms with Gasteiger partial charge < -0.3 is 9.47 Å². The summed E-state index contributed by atoms with van der Waals surface area (Å²) in [6.07, 6.45) is 12.8. The normalized spacial score (nSPS) is 22.7. The molecule has 26 heavy (non-hydrogen) atoms. The first-order chi connectivity index (χ1) is 12.7. The first-order valence-corrected chi connectivity index (χ1v) is 10.2. The van der Waals surface area contributed by atoms with Crippen LogP contribution in [0.4, 0.5) is 0 Å². The van der Waals surface area contributed by atoms with Crippen molar-refractivity contribution >= 4 is 5.57 Å². The summed E-state index contributed by atoms with van der Waals surface area (Å²) in [5.41, 5.74) is 4.53. The van der Waals surface area contributed by atoms with Gasteiger partial charge in [0.2, 0.25) is 0 Å². The molecular formula is C24H32O2. The predicted molar refractivity (Wildman–Crippen MR) is 109 cm³/mol. The van der Waals surface area contributed by atoms with E-state index in [1.54, 1.807) is 5.57 Å². The van der Waals surface area contributed by atoms with E-state index in [9.17, 15) is 0 Å². The van der Waals surface area contributed by atoms with Crippen molar-refractivity contribution in [3.05, 3.63) is 59.4 Å². The van der Waals surface area contributed by atoms with E-state index in [1.165, 1.54) is 36.8 Å². The van der Waals surface area contributed by atoms with Gasteiger partial charge in [0.05, 0.1) is 13.2 Å². The molecule has 0 amide bonds. The summed E-state index contributed by atoms with van der Waals surface area (Å²) in [6.45, 7) is 7.88. The molecule has 0 N–H and O–H groups in total. The molecule has 1 saturated carbocycles. The van der Waals surface area contributed by atoms with E-state index >= 15 is 0 Å². The second-order valence-corrected chi connectivity index (χ2v) is 7.40. The quantitative estimate of drug-likeness (QED) is 0.578. The zero-order valence-electron chi connectivity index (χ0n) is 16.5. The third-order valence-corrected chi connectivity index (χ3v) is 5.48. The van der Waals surface area contributed by atoms with E-state index in [-0.39, 0.29) is 0 Å². The van der Waals surface area contributed by atoms with Gasteiger partial charge in [0.25, 0.3) is 0 Å². The largest absolute Gasteiger partial charge is 0.494 e. The molecule has 0 saturated heterocycles. The molecule has 1 unspecified atom stereocenters. The van der Waals surface area contributed by atoms with Gasteiger partial charge in [0.15, 0.2) is 0 Å². The van der Waals surface area contributed by atoms with Crippen LogP contribution in [0.5, 0.6) is 5.75 Å². The third-order valence-electron chi connectivity index (χ3n) is 5.48. The van der Waals surface area contributed by atoms with Gasteiger partial charge in [-0.15, -0.1) is 0 Å². The molecule has 0 aromatic heterocycles. The Balaban J connectivity index is 1.88. The van der Waals surface area contributed by atoms with E-state index in [1.807, 2.05) is 13.8 Å². The van der Waals surface area contributed by atoms with Crippen LogP contribution < -0.4 is 4.74 Å². The van der Waals surface area contributed by atoms with Crippen LogP contribution in [0, 0.1) is 11.8 Å². The molecule has 0 spiro atoms. The molecular weight excluding hydrogens is 320 g/mol. The van der Waals surface area contributed by atoms with E-state index in [0.29, 0.717) is 12.5 Å². The minimum atomic E-state index is 0.445. The maximum atomic E-state index is 5.66. The Kier molecular flexibility index (Phi) is 6.60. The summed E-state index contributed by atoms with van der Waals surface area (Å²) in [4.78, 5) is 0. The van der Waals surface area contributed by atoms with Crippen LogP contribution in [-0.4, -0.2) is 13.2 Å². The van der Waals surface area contributed by atoms with E-state index in [4.69, 9.17) is 9.47 Å². The minimum absolute atomic E-state index is 0.445. The van der Waals surface area contributed by atoms with Gasteiger partial charge >= 0.3 is 0 Å². The highest BCUT2D eigenvalue weighted by Crippen LogP contribution is 2.40. The fourth-order valence-electron chi connectivity index (χ4n) is 4.05. The van der Waals surface area contributed by atoms with Gasteiger partial charge in [-0.05, 0) is 87.3 Å². The third kappa shape index (κ3) is 4.60. The molecule has 140 valence electrons. The molecule has 1 aromatic carbocycles. The number of hydrogen-bond acceptors (Lipinski definition) is 2. The molecule has 2 heteroatoms. The number of hydrogen-bond donors (Lipinski definition) is 0. The SMILES string of the molecule is CCOC1=CCC(C(=C2CCC(C)CC2)c2ccc(OCC)cc2)C=C1. The first kappa shape index (κ1) is 18.8. The minimum Gasteiger partial charge on any atom is -0.494 e. The number of ether oxygens (including phenoxy) is 2. The lowest BCUT2D eigenvalue weighted by molar-refractivity contribution is 0.239. The van der Waals surface area contributed by atoms with Crippen molar-refractivity contribution in [3.8, 4) is 5.75 Å². The van der Waals surface area contributed by atoms with Crippen molar-refractivity contribution in [2.24, 2.45) is 11.8 Å². The van der Waals surface area contributed by atoms with Gasteiger partial charge in [0, 0.05) is 5.92 Å². The maximum Gasteiger partial charge on any atom is 0.119 e. The van der Waals surface area contributed by atoms with E-state index < -0.39 is 0 Å². The molecule has 2 nitrogen and oxygen atoms in total. The second kappa shape index (κ2) is 9.12. The predicted octanol–water partition coefficient (Wildman–Crippen LogP) is 6.55. The van der Waals surface area contributed by atoms with Gasteiger partial charge in [-0.2, -0.15) is 0 Å². The molecule has 0 heterocycles. The van der Waals surface area contributed by atoms with Gasteiger partial charge in [-0.1, -0.05) is 30.7 Å². The highest BCUT2D eigenvalue weighted by atomic mass is 16.5. The summed E-state index contributed by atoms with van der Waals surface area (Å²) < 4.78 is 11.3. The maximum absolute atomic E-state index is 5.66. The second-order valence-electron chi connectivity index (χ2n) is 7.40. The topological polar surface area (TPSA) is 18.5 Å². The van der Waals surface area contributed by atoms with Crippen LogP contribution in [0.1, 0.15) is 58.4 Å². The standard InChI is InChI=1S/C24H32O2/c1-4-25-22-14-10-20(11-15-22)24(19-8-6-18(3)7-9-19)21-12-16-23(17-13-21)26-5-2/h10-12,14-18,21H,4-9,13H2,1-3H3. The van der Waals surface area contributed by atoms with Gasteiger partial charge in [0.1, 0.15) is 11.5 Å². The molecule has 3 rings (SSSR count). The first-order valence-electron chi connectivity index (χ1n) is 10.2. The lowest BCUT2D eigenvalue weighted by Gasteiger charge is -2.28. The smallest absolute Gasteiger partial charge is 0.119 e. The van der Waals surface area contributed by atoms with Crippen LogP contribution in [0.2, 0.25) is 0 Å². The zero-order valence-corrected chi connectivity index (χ0v) is 16.5. The fourth-order valence-corrected chi connectivity index (χ4v) is 4.05. The Bertz CT molecular complexity index is 669. The molecule has 1 aromatic rings. The molecule has 1 atom stereocenters. The van der Waals surface area contributed by atoms with Crippen LogP contribution in [-0.2, 0) is 4.74 Å². The molecule has 0 aliphatic heterocycles. The number of benzene rings is 1. The summed E-state index contributed by atoms with van der Waals surface area (Å²) in [7, 11) is 0. The van der Waals surface area contributed by atoms with Crippen LogP contribution in [0.25, 0.3) is 5.57 Å². The Morgan fingerprint density at radius 2 is 1.69 bits per heavy atom. The van der Waals surface area contributed by atoms with Crippen molar-refractivity contribution in [2.75, 3.05) is 13.2 Å². The number of rotatable bonds is 6. The van der Waals surface area contributed by atoms with Crippen LogP contribution >= 0.6 is 0 Å². The molecule has 0 radical (unpaired) electrons.